The second-order valence-electron chi connectivity index (χ2n) is 21.7. The molecule has 0 spiro atoms. The lowest BCUT2D eigenvalue weighted by Gasteiger charge is -2.28. The molecule has 0 aliphatic heterocycles. The second kappa shape index (κ2) is 59.5. The van der Waals surface area contributed by atoms with Crippen LogP contribution >= 0.6 is 7.82 Å². The van der Waals surface area contributed by atoms with Crippen LogP contribution < -0.4 is 4.89 Å². The molecule has 2 atom stereocenters. The Labute approximate surface area is 491 Å². The van der Waals surface area contributed by atoms with Crippen LogP contribution in [0.25, 0.3) is 0 Å². The molecule has 0 aromatic carbocycles. The van der Waals surface area contributed by atoms with Crippen molar-refractivity contribution >= 4 is 19.8 Å². The third-order valence-corrected chi connectivity index (χ3v) is 13.8. The van der Waals surface area contributed by atoms with Gasteiger partial charge < -0.3 is 27.9 Å². The third kappa shape index (κ3) is 63.1. The van der Waals surface area contributed by atoms with Gasteiger partial charge in [-0.1, -0.05) is 262 Å². The zero-order valence-electron chi connectivity index (χ0n) is 51.5. The molecule has 0 saturated carbocycles. The van der Waals surface area contributed by atoms with Crippen molar-refractivity contribution in [1.29, 1.82) is 0 Å². The highest BCUT2D eigenvalue weighted by Gasteiger charge is 2.22. The standard InChI is InChI=1S/C70H116NO8P/c1-6-8-10-12-14-16-18-20-22-23-24-25-26-27-28-29-30-31-32-33-34-35-36-37-38-39-40-41-42-43-44-45-46-47-49-51-53-55-57-59-61-63-70(73)79-68(67-78-80(74,75)77-65-64-71(3,4)5)66-76-69(72)62-60-58-56-54-52-50-48-21-19-17-15-13-11-9-7-2/h8,10,14,16,20,22,24-25,27-28,30-31,33-34,36-37,39-40,42-43,45-46,49,51,68H,6-7,9,11-13,15,17-19,21,23,26,29,32,35,38,41,44,47-48,50,52-67H2,1-5H3/b10-8-,16-14-,22-20-,25-24-,28-27-,31-30-,34-33-,37-36-,40-39-,43-42-,46-45-,51-49-. The first-order chi connectivity index (χ1) is 39.0. The molecule has 0 heterocycles. The Morgan fingerprint density at radius 1 is 0.400 bits per heavy atom. The number of nitrogens with zero attached hydrogens (tertiary/aromatic N) is 1. The second-order valence-corrected chi connectivity index (χ2v) is 23.1. The van der Waals surface area contributed by atoms with Crippen molar-refractivity contribution in [3.05, 3.63) is 146 Å². The van der Waals surface area contributed by atoms with E-state index in [1.165, 1.54) is 77.0 Å². The molecule has 0 aliphatic carbocycles. The van der Waals surface area contributed by atoms with E-state index >= 15 is 0 Å². The molecule has 0 aliphatic rings. The lowest BCUT2D eigenvalue weighted by Crippen LogP contribution is -2.37. The number of ether oxygens (including phenoxy) is 2. The van der Waals surface area contributed by atoms with Crippen molar-refractivity contribution < 1.29 is 42.1 Å². The maximum Gasteiger partial charge on any atom is 0.306 e. The molecule has 454 valence electrons. The van der Waals surface area contributed by atoms with Gasteiger partial charge in [0.1, 0.15) is 19.8 Å². The van der Waals surface area contributed by atoms with Crippen LogP contribution in [-0.2, 0) is 32.7 Å². The number of esters is 2. The number of hydrogen-bond acceptors (Lipinski definition) is 8. The minimum absolute atomic E-state index is 0.0421. The van der Waals surface area contributed by atoms with Crippen LogP contribution in [0, 0.1) is 0 Å². The van der Waals surface area contributed by atoms with Gasteiger partial charge in [0.15, 0.2) is 6.10 Å². The van der Waals surface area contributed by atoms with E-state index in [0.29, 0.717) is 17.4 Å². The van der Waals surface area contributed by atoms with Crippen LogP contribution in [0.4, 0.5) is 0 Å². The molecular formula is C70H116NO8P. The maximum absolute atomic E-state index is 12.8. The summed E-state index contributed by atoms with van der Waals surface area (Å²) in [7, 11) is 1.13. The van der Waals surface area contributed by atoms with Crippen LogP contribution in [0.5, 0.6) is 0 Å². The quantitative estimate of drug-likeness (QED) is 0.0195. The van der Waals surface area contributed by atoms with E-state index < -0.39 is 32.5 Å². The summed E-state index contributed by atoms with van der Waals surface area (Å²) in [6.45, 7) is 4.08. The predicted molar refractivity (Wildman–Crippen MR) is 341 cm³/mol. The first-order valence-electron chi connectivity index (χ1n) is 31.5. The molecule has 0 bridgehead atoms. The highest BCUT2D eigenvalue weighted by molar-refractivity contribution is 7.45. The number of unbranched alkanes of at least 4 members (excludes halogenated alkanes) is 18. The third-order valence-electron chi connectivity index (χ3n) is 12.9. The molecule has 0 N–H and O–H groups in total. The summed E-state index contributed by atoms with van der Waals surface area (Å²) in [6.07, 6.45) is 87.7. The van der Waals surface area contributed by atoms with E-state index in [9.17, 15) is 19.0 Å². The van der Waals surface area contributed by atoms with Gasteiger partial charge in [-0.25, -0.2) is 0 Å². The van der Waals surface area contributed by atoms with Crippen LogP contribution in [0.2, 0.25) is 0 Å². The number of likely N-dealkylation sites (N-methyl/N-ethyl adjacent to an activating group) is 1. The molecule has 0 radical (unpaired) electrons. The van der Waals surface area contributed by atoms with E-state index in [4.69, 9.17) is 18.5 Å². The van der Waals surface area contributed by atoms with Gasteiger partial charge in [-0.15, -0.1) is 0 Å². The van der Waals surface area contributed by atoms with Gasteiger partial charge in [-0.2, -0.15) is 0 Å². The number of phosphoric ester groups is 1. The Hall–Kier alpha value is -4.11. The first-order valence-corrected chi connectivity index (χ1v) is 33.0. The summed E-state index contributed by atoms with van der Waals surface area (Å²) in [4.78, 5) is 37.8. The number of rotatable bonds is 56. The van der Waals surface area contributed by atoms with E-state index in [1.54, 1.807) is 0 Å². The number of carbonyl (C=O) groups is 2. The zero-order valence-corrected chi connectivity index (χ0v) is 52.4. The molecule has 0 aromatic rings. The van der Waals surface area contributed by atoms with Crippen molar-refractivity contribution in [3.8, 4) is 0 Å². The fourth-order valence-electron chi connectivity index (χ4n) is 8.05. The zero-order chi connectivity index (χ0) is 58.4. The number of allylic oxidation sites excluding steroid dienone is 24. The number of phosphoric acid groups is 1. The van der Waals surface area contributed by atoms with E-state index in [1.807, 2.05) is 21.1 Å². The molecule has 10 heteroatoms. The summed E-state index contributed by atoms with van der Waals surface area (Å²) in [5.74, 6) is -0.868. The normalized spacial score (nSPS) is 14.2. The predicted octanol–water partition coefficient (Wildman–Crippen LogP) is 19.6. The van der Waals surface area contributed by atoms with Gasteiger partial charge in [0.25, 0.3) is 7.82 Å². The highest BCUT2D eigenvalue weighted by atomic mass is 31.2. The Morgan fingerprint density at radius 3 is 1.06 bits per heavy atom. The van der Waals surface area contributed by atoms with Gasteiger partial charge in [0.2, 0.25) is 0 Å². The fraction of sp³-hybridized carbons (Fsp3) is 0.629. The van der Waals surface area contributed by atoms with Crippen LogP contribution in [0.15, 0.2) is 146 Å². The van der Waals surface area contributed by atoms with Crippen molar-refractivity contribution in [2.75, 3.05) is 47.5 Å². The van der Waals surface area contributed by atoms with Crippen molar-refractivity contribution in [2.24, 2.45) is 0 Å². The first kappa shape index (κ1) is 75.9. The summed E-state index contributed by atoms with van der Waals surface area (Å²) < 4.78 is 34.1. The molecular weight excluding hydrogens is 1010 g/mol. The van der Waals surface area contributed by atoms with Crippen molar-refractivity contribution in [3.63, 3.8) is 0 Å². The van der Waals surface area contributed by atoms with Gasteiger partial charge in [0.05, 0.1) is 27.7 Å². The van der Waals surface area contributed by atoms with Gasteiger partial charge in [-0.3, -0.25) is 14.2 Å². The van der Waals surface area contributed by atoms with Crippen LogP contribution in [-0.4, -0.2) is 70.0 Å². The molecule has 0 amide bonds. The minimum Gasteiger partial charge on any atom is -0.756 e. The molecule has 0 rings (SSSR count). The minimum atomic E-state index is -4.65. The van der Waals surface area contributed by atoms with E-state index in [0.717, 1.165) is 122 Å². The lowest BCUT2D eigenvalue weighted by atomic mass is 10.0. The summed E-state index contributed by atoms with van der Waals surface area (Å²) >= 11 is 0. The highest BCUT2D eigenvalue weighted by Crippen LogP contribution is 2.38. The largest absolute Gasteiger partial charge is 0.756 e. The molecule has 0 fully saturated rings. The Kier molecular flexibility index (Phi) is 56.5. The molecule has 2 unspecified atom stereocenters. The Balaban J connectivity index is 4.18. The monoisotopic (exact) mass is 1130 g/mol. The van der Waals surface area contributed by atoms with Crippen molar-refractivity contribution in [1.82, 2.24) is 0 Å². The van der Waals surface area contributed by atoms with Crippen LogP contribution in [0.1, 0.15) is 232 Å². The average Bonchev–Trinajstić information content (AvgIpc) is 3.42. The molecule has 9 nitrogen and oxygen atoms in total. The Bertz CT molecular complexity index is 1860. The Morgan fingerprint density at radius 2 is 0.713 bits per heavy atom. The topological polar surface area (TPSA) is 111 Å². The fourth-order valence-corrected chi connectivity index (χ4v) is 8.78. The summed E-state index contributed by atoms with van der Waals surface area (Å²) in [5, 5.41) is 0. The SMILES string of the molecule is CC/C=C\C/C=C\C/C=C\C/C=C\C/C=C\C/C=C\C/C=C\C/C=C\C/C=C\C/C=C\C/C=C\C/C=C\CCCCCCC(=O)OC(COC(=O)CCCCCCCCCCCCCCCCC)COP(=O)([O-])OCC[N+](C)(C)C. The van der Waals surface area contributed by atoms with Gasteiger partial charge in [-0.05, 0) is 103 Å². The van der Waals surface area contributed by atoms with Crippen molar-refractivity contribution in [2.45, 2.75) is 238 Å². The van der Waals surface area contributed by atoms with Crippen LogP contribution in [0.3, 0.4) is 0 Å². The smallest absolute Gasteiger partial charge is 0.306 e. The molecule has 0 aromatic heterocycles. The van der Waals surface area contributed by atoms with E-state index in [2.05, 4.69) is 160 Å². The van der Waals surface area contributed by atoms with E-state index in [-0.39, 0.29) is 26.1 Å². The lowest BCUT2D eigenvalue weighted by molar-refractivity contribution is -0.870. The number of quaternary nitrogens is 1. The van der Waals surface area contributed by atoms with Gasteiger partial charge in [0, 0.05) is 12.8 Å². The number of carbonyl (C=O) groups excluding carboxylic acids is 2. The van der Waals surface area contributed by atoms with Gasteiger partial charge >= 0.3 is 11.9 Å². The average molecular weight is 1130 g/mol. The number of hydrogen-bond donors (Lipinski definition) is 0. The molecule has 0 saturated heterocycles. The summed E-state index contributed by atoms with van der Waals surface area (Å²) in [5.41, 5.74) is 0. The maximum atomic E-state index is 12.8. The molecule has 80 heavy (non-hydrogen) atoms. The summed E-state index contributed by atoms with van der Waals surface area (Å²) in [6, 6.07) is 0.